The quantitative estimate of drug-likeness (QED) is 0.235. The van der Waals surface area contributed by atoms with Crippen molar-refractivity contribution in [2.24, 2.45) is 0 Å². The second-order valence-corrected chi connectivity index (χ2v) is 8.49. The third kappa shape index (κ3) is 4.86. The first-order valence-electron chi connectivity index (χ1n) is 10.9. The van der Waals surface area contributed by atoms with Gasteiger partial charge >= 0.3 is 0 Å². The number of hydrogen-bond donors (Lipinski definition) is 6. The van der Waals surface area contributed by atoms with E-state index in [0.717, 1.165) is 11.1 Å². The molecule has 0 aliphatic carbocycles. The average Bonchev–Trinajstić information content (AvgIpc) is 2.80. The maximum absolute atomic E-state index is 10.6. The topological polar surface area (TPSA) is 121 Å². The molecule has 0 aromatic heterocycles. The van der Waals surface area contributed by atoms with Crippen molar-refractivity contribution in [3.8, 4) is 34.5 Å². The van der Waals surface area contributed by atoms with Crippen LogP contribution < -0.4 is 0 Å². The minimum absolute atomic E-state index is 0.0514. The van der Waals surface area contributed by atoms with Gasteiger partial charge in [0.2, 0.25) is 0 Å². The van der Waals surface area contributed by atoms with Crippen LogP contribution in [0.15, 0.2) is 72.8 Å². The molecule has 6 N–H and O–H groups in total. The molecule has 4 rings (SSSR count). The second kappa shape index (κ2) is 9.27. The molecule has 4 aromatic carbocycles. The van der Waals surface area contributed by atoms with Crippen LogP contribution in [-0.2, 0) is 12.8 Å². The highest BCUT2D eigenvalue weighted by Gasteiger charge is 2.21. The van der Waals surface area contributed by atoms with Gasteiger partial charge in [-0.2, -0.15) is 0 Å². The van der Waals surface area contributed by atoms with E-state index in [2.05, 4.69) is 0 Å². The third-order valence-electron chi connectivity index (χ3n) is 6.05. The lowest BCUT2D eigenvalue weighted by molar-refractivity contribution is 0.435. The lowest BCUT2D eigenvalue weighted by Gasteiger charge is -2.19. The van der Waals surface area contributed by atoms with E-state index in [1.165, 1.54) is 12.1 Å². The summed E-state index contributed by atoms with van der Waals surface area (Å²) in [4.78, 5) is 0. The van der Waals surface area contributed by atoms with Crippen molar-refractivity contribution in [2.45, 2.75) is 25.7 Å². The SMILES string of the molecule is CC(c1cc(Cc2ccc(O)cc2)c(O)cc1O)c1cc(Cc2ccc(O)cc2)c(O)cc1O. The zero-order valence-corrected chi connectivity index (χ0v) is 18.6. The summed E-state index contributed by atoms with van der Waals surface area (Å²) in [6.45, 7) is 1.83. The lowest BCUT2D eigenvalue weighted by atomic mass is 9.87. The molecule has 6 heteroatoms. The highest BCUT2D eigenvalue weighted by Crippen LogP contribution is 2.41. The summed E-state index contributed by atoms with van der Waals surface area (Å²) < 4.78 is 0. The molecule has 0 bridgehead atoms. The van der Waals surface area contributed by atoms with Crippen molar-refractivity contribution < 1.29 is 30.6 Å². The Balaban J connectivity index is 1.68. The molecule has 0 unspecified atom stereocenters. The van der Waals surface area contributed by atoms with E-state index in [4.69, 9.17) is 0 Å². The summed E-state index contributed by atoms with van der Waals surface area (Å²) in [5.74, 6) is -0.455. The highest BCUT2D eigenvalue weighted by atomic mass is 16.3. The van der Waals surface area contributed by atoms with E-state index in [-0.39, 0.29) is 34.5 Å². The number of hydrogen-bond acceptors (Lipinski definition) is 6. The minimum atomic E-state index is -0.446. The summed E-state index contributed by atoms with van der Waals surface area (Å²) in [6.07, 6.45) is 0.777. The number of phenols is 6. The molecule has 174 valence electrons. The number of rotatable bonds is 6. The molecule has 4 aromatic rings. The molecule has 0 atom stereocenters. The number of benzene rings is 4. The first-order chi connectivity index (χ1) is 16.2. The average molecular weight is 459 g/mol. The largest absolute Gasteiger partial charge is 0.508 e. The first-order valence-corrected chi connectivity index (χ1v) is 10.9. The van der Waals surface area contributed by atoms with E-state index in [9.17, 15) is 30.6 Å². The molecule has 0 radical (unpaired) electrons. The van der Waals surface area contributed by atoms with Crippen molar-refractivity contribution in [1.29, 1.82) is 0 Å². The Morgan fingerprint density at radius 3 is 1.21 bits per heavy atom. The molecule has 0 saturated heterocycles. The Bertz CT molecular complexity index is 1210. The van der Waals surface area contributed by atoms with Crippen LogP contribution in [0.5, 0.6) is 34.5 Å². The third-order valence-corrected chi connectivity index (χ3v) is 6.05. The monoisotopic (exact) mass is 458 g/mol. The summed E-state index contributed by atoms with van der Waals surface area (Å²) in [7, 11) is 0. The van der Waals surface area contributed by atoms with Gasteiger partial charge in [0.15, 0.2) is 0 Å². The van der Waals surface area contributed by atoms with Crippen molar-refractivity contribution in [1.82, 2.24) is 0 Å². The Morgan fingerprint density at radius 2 is 0.853 bits per heavy atom. The van der Waals surface area contributed by atoms with Crippen LogP contribution in [0.25, 0.3) is 0 Å². The second-order valence-electron chi connectivity index (χ2n) is 8.49. The van der Waals surface area contributed by atoms with Gasteiger partial charge in [0.1, 0.15) is 34.5 Å². The highest BCUT2D eigenvalue weighted by molar-refractivity contribution is 5.55. The molecule has 0 aliphatic heterocycles. The zero-order valence-electron chi connectivity index (χ0n) is 18.6. The maximum atomic E-state index is 10.6. The van der Waals surface area contributed by atoms with Crippen LogP contribution in [0.3, 0.4) is 0 Å². The molecule has 34 heavy (non-hydrogen) atoms. The van der Waals surface area contributed by atoms with Gasteiger partial charge in [-0.15, -0.1) is 0 Å². The van der Waals surface area contributed by atoms with Gasteiger partial charge in [-0.1, -0.05) is 31.2 Å². The molecule has 0 amide bonds. The van der Waals surface area contributed by atoms with Crippen LogP contribution in [0.4, 0.5) is 0 Å². The molecule has 6 nitrogen and oxygen atoms in total. The van der Waals surface area contributed by atoms with Crippen LogP contribution in [0.2, 0.25) is 0 Å². The first kappa shape index (κ1) is 22.9. The summed E-state index contributed by atoms with van der Waals surface area (Å²) in [5, 5.41) is 60.9. The maximum Gasteiger partial charge on any atom is 0.123 e. The van der Waals surface area contributed by atoms with Gasteiger partial charge < -0.3 is 30.6 Å². The molecule has 0 saturated carbocycles. The van der Waals surface area contributed by atoms with E-state index in [1.54, 1.807) is 60.7 Å². The number of phenolic OH excluding ortho intramolecular Hbond substituents is 6. The van der Waals surface area contributed by atoms with Crippen LogP contribution >= 0.6 is 0 Å². The van der Waals surface area contributed by atoms with E-state index in [0.29, 0.717) is 35.1 Å². The summed E-state index contributed by atoms with van der Waals surface area (Å²) >= 11 is 0. The molecule has 0 heterocycles. The Hall–Kier alpha value is -4.32. The van der Waals surface area contributed by atoms with E-state index in [1.807, 2.05) is 6.92 Å². The van der Waals surface area contributed by atoms with Crippen LogP contribution in [0.1, 0.15) is 46.2 Å². The molecule has 0 aliphatic rings. The lowest BCUT2D eigenvalue weighted by Crippen LogP contribution is -2.01. The van der Waals surface area contributed by atoms with E-state index < -0.39 is 5.92 Å². The molecule has 0 fully saturated rings. The molecular weight excluding hydrogens is 432 g/mol. The Morgan fingerprint density at radius 1 is 0.500 bits per heavy atom. The van der Waals surface area contributed by atoms with Crippen molar-refractivity contribution in [3.05, 3.63) is 106 Å². The zero-order chi connectivity index (χ0) is 24.4. The predicted octanol–water partition coefficient (Wildman–Crippen LogP) is 5.25. The van der Waals surface area contributed by atoms with Crippen LogP contribution in [0, 0.1) is 0 Å². The van der Waals surface area contributed by atoms with Gasteiger partial charge in [0.05, 0.1) is 0 Å². The predicted molar refractivity (Wildman–Crippen MR) is 129 cm³/mol. The minimum Gasteiger partial charge on any atom is -0.508 e. The van der Waals surface area contributed by atoms with Crippen molar-refractivity contribution in [2.75, 3.05) is 0 Å². The smallest absolute Gasteiger partial charge is 0.123 e. The van der Waals surface area contributed by atoms with Gasteiger partial charge in [-0.3, -0.25) is 0 Å². The summed E-state index contributed by atoms with van der Waals surface area (Å²) in [6, 6.07) is 19.3. The van der Waals surface area contributed by atoms with Gasteiger partial charge in [-0.25, -0.2) is 0 Å². The fourth-order valence-electron chi connectivity index (χ4n) is 4.09. The Labute approximate surface area is 197 Å². The van der Waals surface area contributed by atoms with Gasteiger partial charge in [0.25, 0.3) is 0 Å². The summed E-state index contributed by atoms with van der Waals surface area (Å²) in [5.41, 5.74) is 3.97. The van der Waals surface area contributed by atoms with Crippen molar-refractivity contribution in [3.63, 3.8) is 0 Å². The Kier molecular flexibility index (Phi) is 6.23. The normalized spacial score (nSPS) is 11.1. The standard InChI is InChI=1S/C28H26O6/c1-16(23-12-19(25(31)14-27(23)33)10-17-2-6-21(29)7-3-17)24-13-20(26(32)15-28(24)34)11-18-4-8-22(30)9-5-18/h2-9,12-16,29-34H,10-11H2,1H3. The van der Waals surface area contributed by atoms with Gasteiger partial charge in [0, 0.05) is 42.0 Å². The van der Waals surface area contributed by atoms with Crippen LogP contribution in [-0.4, -0.2) is 30.6 Å². The molecule has 0 spiro atoms. The fraction of sp³-hybridized carbons (Fsp3) is 0.143. The molecular formula is C28H26O6. The van der Waals surface area contributed by atoms with Crippen molar-refractivity contribution >= 4 is 0 Å². The fourth-order valence-corrected chi connectivity index (χ4v) is 4.09. The van der Waals surface area contributed by atoms with Gasteiger partial charge in [-0.05, 0) is 58.7 Å². The number of aromatic hydroxyl groups is 6. The van der Waals surface area contributed by atoms with E-state index >= 15 is 0 Å².